The predicted octanol–water partition coefficient (Wildman–Crippen LogP) is 5.82. The number of hydrogen-bond acceptors (Lipinski definition) is 6. The first kappa shape index (κ1) is 24.8. The van der Waals surface area contributed by atoms with Crippen LogP contribution in [0, 0.1) is 0 Å². The summed E-state index contributed by atoms with van der Waals surface area (Å²) in [5, 5.41) is 7.48. The molecule has 37 heavy (non-hydrogen) atoms. The molecule has 0 aliphatic heterocycles. The summed E-state index contributed by atoms with van der Waals surface area (Å²) in [5.41, 5.74) is 7.33. The molecule has 5 rings (SSSR count). The topological polar surface area (TPSA) is 112 Å². The number of benzene rings is 1. The van der Waals surface area contributed by atoms with E-state index in [1.807, 2.05) is 24.3 Å². The lowest BCUT2D eigenvalue weighted by Gasteiger charge is -2.10. The molecule has 3 heterocycles. The lowest BCUT2D eigenvalue weighted by molar-refractivity contribution is 0.100. The fourth-order valence-electron chi connectivity index (χ4n) is 4.09. The van der Waals surface area contributed by atoms with Crippen molar-refractivity contribution in [3.8, 4) is 5.75 Å². The molecule has 0 spiro atoms. The molecule has 0 saturated heterocycles. The average Bonchev–Trinajstić information content (AvgIpc) is 3.49. The van der Waals surface area contributed by atoms with E-state index in [2.05, 4.69) is 29.2 Å². The van der Waals surface area contributed by atoms with Crippen LogP contribution in [0.3, 0.4) is 0 Å². The van der Waals surface area contributed by atoms with Gasteiger partial charge in [-0.05, 0) is 60.1 Å². The van der Waals surface area contributed by atoms with Gasteiger partial charge in [0, 0.05) is 11.6 Å². The molecule has 4 aromatic rings. The van der Waals surface area contributed by atoms with Gasteiger partial charge in [0.2, 0.25) is 0 Å². The molecule has 11 heteroatoms. The lowest BCUT2D eigenvalue weighted by Crippen LogP contribution is -2.18. The fraction of sp³-hybridized carbons (Fsp3) is 0.308. The summed E-state index contributed by atoms with van der Waals surface area (Å²) < 4.78 is 34.1. The Hall–Kier alpha value is -3.86. The molecular formula is C26H25F2N5O3S. The summed E-state index contributed by atoms with van der Waals surface area (Å²) >= 11 is 0.894. The highest BCUT2D eigenvalue weighted by Crippen LogP contribution is 2.48. The number of nitrogens with two attached hydrogens (primary N) is 1. The molecule has 1 aliphatic carbocycles. The van der Waals surface area contributed by atoms with Crippen molar-refractivity contribution in [3.63, 3.8) is 0 Å². The molecule has 1 aliphatic rings. The molecule has 3 N–H and O–H groups in total. The van der Waals surface area contributed by atoms with Gasteiger partial charge in [0.05, 0.1) is 5.69 Å². The third-order valence-electron chi connectivity index (χ3n) is 6.20. The van der Waals surface area contributed by atoms with Gasteiger partial charge in [-0.25, -0.2) is 18.4 Å². The van der Waals surface area contributed by atoms with Gasteiger partial charge in [-0.15, -0.1) is 11.3 Å². The number of anilines is 1. The van der Waals surface area contributed by atoms with Gasteiger partial charge in [0.15, 0.2) is 12.4 Å². The number of carbonyl (C=O) groups excluding carboxylic acids is 2. The second-order valence-corrected chi connectivity index (χ2v) is 10.3. The summed E-state index contributed by atoms with van der Waals surface area (Å²) in [4.78, 5) is 29.6. The van der Waals surface area contributed by atoms with E-state index in [9.17, 15) is 18.4 Å². The smallest absolute Gasteiger partial charge is 0.280 e. The first-order valence-corrected chi connectivity index (χ1v) is 12.7. The largest absolute Gasteiger partial charge is 0.471 e. The number of fused-ring (bicyclic) bond motifs is 1. The van der Waals surface area contributed by atoms with Crippen LogP contribution in [0.4, 0.5) is 14.5 Å². The van der Waals surface area contributed by atoms with Crippen LogP contribution in [0.15, 0.2) is 42.6 Å². The maximum Gasteiger partial charge on any atom is 0.280 e. The normalized spacial score (nSPS) is 13.5. The standard InChI is InChI=1S/C26H25F2N5O3S/c1-13(2)14-5-7-16(8-6-14)36-12-33-10-9-18(32-33)25(35)31-21-20-17(15-3-4-15)11-19(23(27)28)30-26(20)37-22(21)24(29)34/h5-11,13,15,23H,3-4,12H2,1-2H3,(H2,29,34)(H,31,35). The zero-order valence-electron chi connectivity index (χ0n) is 20.2. The van der Waals surface area contributed by atoms with Crippen LogP contribution in [0.5, 0.6) is 5.75 Å². The van der Waals surface area contributed by atoms with E-state index in [0.29, 0.717) is 22.6 Å². The molecule has 2 amide bonds. The van der Waals surface area contributed by atoms with Gasteiger partial charge >= 0.3 is 0 Å². The first-order valence-electron chi connectivity index (χ1n) is 11.8. The number of nitrogens with zero attached hydrogens (tertiary/aromatic N) is 3. The van der Waals surface area contributed by atoms with Crippen LogP contribution in [0.2, 0.25) is 0 Å². The Balaban J connectivity index is 1.37. The van der Waals surface area contributed by atoms with Crippen LogP contribution < -0.4 is 15.8 Å². The Labute approximate surface area is 215 Å². The van der Waals surface area contributed by atoms with Crippen molar-refractivity contribution in [1.82, 2.24) is 14.8 Å². The molecule has 8 nitrogen and oxygen atoms in total. The average molecular weight is 526 g/mol. The highest BCUT2D eigenvalue weighted by Gasteiger charge is 2.32. The van der Waals surface area contributed by atoms with Crippen molar-refractivity contribution in [2.45, 2.75) is 51.7 Å². The molecule has 3 aromatic heterocycles. The number of thiophene rings is 1. The Kier molecular flexibility index (Phi) is 6.63. The van der Waals surface area contributed by atoms with E-state index in [-0.39, 0.29) is 39.4 Å². The summed E-state index contributed by atoms with van der Waals surface area (Å²) in [6.07, 6.45) is 0.520. The van der Waals surface area contributed by atoms with E-state index >= 15 is 0 Å². The molecule has 1 aromatic carbocycles. The van der Waals surface area contributed by atoms with Gasteiger partial charge in [-0.2, -0.15) is 5.10 Å². The van der Waals surface area contributed by atoms with E-state index in [4.69, 9.17) is 10.5 Å². The Morgan fingerprint density at radius 1 is 1.22 bits per heavy atom. The number of nitrogens with one attached hydrogen (secondary N) is 1. The predicted molar refractivity (Wildman–Crippen MR) is 136 cm³/mol. The molecular weight excluding hydrogens is 500 g/mol. The summed E-state index contributed by atoms with van der Waals surface area (Å²) in [7, 11) is 0. The molecule has 192 valence electrons. The summed E-state index contributed by atoms with van der Waals surface area (Å²) in [6, 6.07) is 10.6. The number of aromatic nitrogens is 3. The zero-order valence-corrected chi connectivity index (χ0v) is 21.0. The SMILES string of the molecule is CC(C)c1ccc(OCn2ccc(C(=O)Nc3c(C(N)=O)sc4nc(C(F)F)cc(C5CC5)c34)n2)cc1. The van der Waals surface area contributed by atoms with Crippen molar-refractivity contribution in [3.05, 3.63) is 70.0 Å². The summed E-state index contributed by atoms with van der Waals surface area (Å²) in [5.74, 6) is -0.188. The minimum Gasteiger partial charge on any atom is -0.471 e. The van der Waals surface area contributed by atoms with E-state index in [0.717, 1.165) is 24.2 Å². The number of primary amides is 1. The second kappa shape index (κ2) is 9.89. The second-order valence-electron chi connectivity index (χ2n) is 9.25. The number of halogens is 2. The van der Waals surface area contributed by atoms with Gasteiger partial charge in [0.25, 0.3) is 18.2 Å². The van der Waals surface area contributed by atoms with Crippen molar-refractivity contribution in [2.75, 3.05) is 5.32 Å². The van der Waals surface area contributed by atoms with Crippen molar-refractivity contribution >= 4 is 39.1 Å². The molecule has 0 unspecified atom stereocenters. The Bertz CT molecular complexity index is 1480. The van der Waals surface area contributed by atoms with E-state index in [1.165, 1.54) is 22.4 Å². The Morgan fingerprint density at radius 2 is 1.95 bits per heavy atom. The zero-order chi connectivity index (χ0) is 26.3. The van der Waals surface area contributed by atoms with E-state index in [1.54, 1.807) is 6.20 Å². The van der Waals surface area contributed by atoms with Crippen molar-refractivity contribution in [2.24, 2.45) is 5.73 Å². The minimum atomic E-state index is -2.75. The maximum absolute atomic E-state index is 13.4. The monoisotopic (exact) mass is 525 g/mol. The van der Waals surface area contributed by atoms with Crippen LogP contribution in [-0.4, -0.2) is 26.6 Å². The minimum absolute atomic E-state index is 0.0526. The van der Waals surface area contributed by atoms with Gasteiger partial charge in [-0.1, -0.05) is 26.0 Å². The number of ether oxygens (including phenoxy) is 1. The van der Waals surface area contributed by atoms with Gasteiger partial charge < -0.3 is 15.8 Å². The van der Waals surface area contributed by atoms with Crippen molar-refractivity contribution < 1.29 is 23.1 Å². The first-order chi connectivity index (χ1) is 17.7. The molecule has 1 saturated carbocycles. The van der Waals surface area contributed by atoms with Crippen LogP contribution in [-0.2, 0) is 6.73 Å². The van der Waals surface area contributed by atoms with Gasteiger partial charge in [0.1, 0.15) is 21.2 Å². The quantitative estimate of drug-likeness (QED) is 0.286. The summed E-state index contributed by atoms with van der Waals surface area (Å²) in [6.45, 7) is 4.32. The van der Waals surface area contributed by atoms with Crippen LogP contribution in [0.1, 0.15) is 81.9 Å². The highest BCUT2D eigenvalue weighted by molar-refractivity contribution is 7.21. The van der Waals surface area contributed by atoms with Crippen LogP contribution in [0.25, 0.3) is 10.2 Å². The Morgan fingerprint density at radius 3 is 2.57 bits per heavy atom. The number of hydrogen-bond donors (Lipinski definition) is 2. The van der Waals surface area contributed by atoms with Crippen molar-refractivity contribution in [1.29, 1.82) is 0 Å². The molecule has 0 bridgehead atoms. The fourth-order valence-corrected chi connectivity index (χ4v) is 5.11. The number of rotatable bonds is 9. The third-order valence-corrected chi connectivity index (χ3v) is 7.30. The number of carbonyl (C=O) groups is 2. The molecule has 1 fully saturated rings. The number of amides is 2. The van der Waals surface area contributed by atoms with Crippen LogP contribution >= 0.6 is 11.3 Å². The molecule has 0 radical (unpaired) electrons. The maximum atomic E-state index is 13.4. The number of pyridine rings is 1. The lowest BCUT2D eigenvalue weighted by atomic mass is 10.0. The highest BCUT2D eigenvalue weighted by atomic mass is 32.1. The van der Waals surface area contributed by atoms with E-state index < -0.39 is 18.2 Å². The molecule has 0 atom stereocenters. The number of alkyl halides is 2. The van der Waals surface area contributed by atoms with Gasteiger partial charge in [-0.3, -0.25) is 9.59 Å². The third kappa shape index (κ3) is 5.17.